The summed E-state index contributed by atoms with van der Waals surface area (Å²) < 4.78 is 0. The first kappa shape index (κ1) is 15.1. The van der Waals surface area contributed by atoms with E-state index < -0.39 is 0 Å². The van der Waals surface area contributed by atoms with Crippen LogP contribution in [0.4, 0.5) is 0 Å². The molecule has 0 spiro atoms. The fourth-order valence-electron chi connectivity index (χ4n) is 2.00. The molecule has 0 aliphatic heterocycles. The lowest BCUT2D eigenvalue weighted by molar-refractivity contribution is 0.0750. The molecule has 1 aromatic carbocycles. The highest BCUT2D eigenvalue weighted by Crippen LogP contribution is 2.11. The predicted octanol–water partition coefficient (Wildman–Crippen LogP) is 2.38. The minimum atomic E-state index is -0.0544. The number of carbonyl (C=O) groups excluding carboxylic acids is 1. The molecule has 0 unspecified atom stereocenters. The highest BCUT2D eigenvalue weighted by Gasteiger charge is 2.15. The molecule has 0 radical (unpaired) electrons. The van der Waals surface area contributed by atoms with E-state index in [2.05, 4.69) is 4.98 Å². The fourth-order valence-corrected chi connectivity index (χ4v) is 2.13. The van der Waals surface area contributed by atoms with Crippen molar-refractivity contribution < 1.29 is 4.79 Å². The van der Waals surface area contributed by atoms with Crippen LogP contribution in [0, 0.1) is 0 Å². The second kappa shape index (κ2) is 6.95. The van der Waals surface area contributed by atoms with Crippen LogP contribution in [0.3, 0.4) is 0 Å². The van der Waals surface area contributed by atoms with E-state index in [1.54, 1.807) is 35.4 Å². The molecule has 0 bridgehead atoms. The molecular weight excluding hydrogens is 282 g/mol. The van der Waals surface area contributed by atoms with Gasteiger partial charge in [0.15, 0.2) is 0 Å². The van der Waals surface area contributed by atoms with E-state index >= 15 is 0 Å². The molecule has 5 heteroatoms. The van der Waals surface area contributed by atoms with Gasteiger partial charge in [-0.3, -0.25) is 9.78 Å². The van der Waals surface area contributed by atoms with Crippen molar-refractivity contribution in [3.8, 4) is 0 Å². The van der Waals surface area contributed by atoms with Crippen molar-refractivity contribution in [1.29, 1.82) is 0 Å². The van der Waals surface area contributed by atoms with Gasteiger partial charge in [-0.15, -0.1) is 0 Å². The number of thiocarbonyl (C=S) groups is 1. The number of nitrogens with two attached hydrogens (primary N) is 1. The van der Waals surface area contributed by atoms with E-state index in [0.717, 1.165) is 5.69 Å². The predicted molar refractivity (Wildman–Crippen MR) is 87.0 cm³/mol. The standard InChI is InChI=1S/C16H17N3OS/c1-2-19(11-14-8-3-4-9-18-14)16(20)13-7-5-6-12(10-13)15(17)21/h3-10H,2,11H2,1H3,(H2,17,21). The van der Waals surface area contributed by atoms with E-state index in [9.17, 15) is 4.79 Å². The molecule has 0 aliphatic rings. The molecule has 0 saturated heterocycles. The first-order chi connectivity index (χ1) is 10.1. The van der Waals surface area contributed by atoms with Gasteiger partial charge < -0.3 is 10.6 Å². The van der Waals surface area contributed by atoms with Crippen molar-refractivity contribution in [2.45, 2.75) is 13.5 Å². The molecule has 0 fully saturated rings. The molecule has 1 amide bonds. The highest BCUT2D eigenvalue weighted by atomic mass is 32.1. The van der Waals surface area contributed by atoms with E-state index in [1.165, 1.54) is 0 Å². The quantitative estimate of drug-likeness (QED) is 0.861. The third kappa shape index (κ3) is 3.86. The van der Waals surface area contributed by atoms with E-state index in [1.807, 2.05) is 25.1 Å². The number of carbonyl (C=O) groups is 1. The number of hydrogen-bond donors (Lipinski definition) is 1. The molecule has 4 nitrogen and oxygen atoms in total. The molecule has 21 heavy (non-hydrogen) atoms. The van der Waals surface area contributed by atoms with Crippen LogP contribution in [0.15, 0.2) is 48.7 Å². The Morgan fingerprint density at radius 3 is 2.62 bits per heavy atom. The van der Waals surface area contributed by atoms with Gasteiger partial charge in [-0.1, -0.05) is 30.4 Å². The Kier molecular flexibility index (Phi) is 5.00. The Bertz CT molecular complexity index is 643. The summed E-state index contributed by atoms with van der Waals surface area (Å²) >= 11 is 4.95. The lowest BCUT2D eigenvalue weighted by Gasteiger charge is -2.20. The summed E-state index contributed by atoms with van der Waals surface area (Å²) in [6.45, 7) is 3.03. The van der Waals surface area contributed by atoms with Crippen molar-refractivity contribution in [3.05, 3.63) is 65.5 Å². The molecule has 108 valence electrons. The summed E-state index contributed by atoms with van der Waals surface area (Å²) in [5.41, 5.74) is 7.75. The van der Waals surface area contributed by atoms with Crippen molar-refractivity contribution in [2.24, 2.45) is 5.73 Å². The van der Waals surface area contributed by atoms with Crippen LogP contribution in [-0.2, 0) is 6.54 Å². The first-order valence-corrected chi connectivity index (χ1v) is 7.11. The molecule has 2 rings (SSSR count). The van der Waals surface area contributed by atoms with Gasteiger partial charge in [-0.25, -0.2) is 0 Å². The van der Waals surface area contributed by atoms with Crippen LogP contribution in [-0.4, -0.2) is 27.3 Å². The maximum atomic E-state index is 12.6. The van der Waals surface area contributed by atoms with E-state index in [0.29, 0.717) is 24.2 Å². The second-order valence-corrected chi connectivity index (χ2v) is 5.03. The van der Waals surface area contributed by atoms with Crippen molar-refractivity contribution in [3.63, 3.8) is 0 Å². The van der Waals surface area contributed by atoms with Crippen LogP contribution in [0.25, 0.3) is 0 Å². The molecule has 2 N–H and O–H groups in total. The molecule has 2 aromatic rings. The number of rotatable bonds is 5. The third-order valence-electron chi connectivity index (χ3n) is 3.14. The van der Waals surface area contributed by atoms with Crippen molar-refractivity contribution >= 4 is 23.1 Å². The highest BCUT2D eigenvalue weighted by molar-refractivity contribution is 7.80. The summed E-state index contributed by atoms with van der Waals surface area (Å²) in [6.07, 6.45) is 1.72. The topological polar surface area (TPSA) is 59.2 Å². The maximum Gasteiger partial charge on any atom is 0.254 e. The Hall–Kier alpha value is -2.27. The normalized spacial score (nSPS) is 10.1. The number of aromatic nitrogens is 1. The third-order valence-corrected chi connectivity index (χ3v) is 3.38. The number of benzene rings is 1. The van der Waals surface area contributed by atoms with Crippen molar-refractivity contribution in [2.75, 3.05) is 6.54 Å². The monoisotopic (exact) mass is 299 g/mol. The Labute approximate surface area is 129 Å². The molecule has 1 heterocycles. The molecule has 0 aliphatic carbocycles. The summed E-state index contributed by atoms with van der Waals surface area (Å²) in [7, 11) is 0. The number of nitrogens with zero attached hydrogens (tertiary/aromatic N) is 2. The van der Waals surface area contributed by atoms with Gasteiger partial charge in [-0.2, -0.15) is 0 Å². The van der Waals surface area contributed by atoms with Gasteiger partial charge in [0.1, 0.15) is 4.99 Å². The Morgan fingerprint density at radius 2 is 2.00 bits per heavy atom. The average molecular weight is 299 g/mol. The van der Waals surface area contributed by atoms with Crippen LogP contribution < -0.4 is 5.73 Å². The zero-order chi connectivity index (χ0) is 15.2. The maximum absolute atomic E-state index is 12.6. The lowest BCUT2D eigenvalue weighted by atomic mass is 10.1. The van der Waals surface area contributed by atoms with Crippen LogP contribution >= 0.6 is 12.2 Å². The van der Waals surface area contributed by atoms with Crippen LogP contribution in [0.5, 0.6) is 0 Å². The molecular formula is C16H17N3OS. The zero-order valence-corrected chi connectivity index (χ0v) is 12.6. The minimum Gasteiger partial charge on any atom is -0.389 e. The zero-order valence-electron chi connectivity index (χ0n) is 11.8. The largest absolute Gasteiger partial charge is 0.389 e. The van der Waals surface area contributed by atoms with Crippen LogP contribution in [0.2, 0.25) is 0 Å². The number of pyridine rings is 1. The van der Waals surface area contributed by atoms with Gasteiger partial charge >= 0.3 is 0 Å². The first-order valence-electron chi connectivity index (χ1n) is 6.71. The van der Waals surface area contributed by atoms with Gasteiger partial charge in [0.05, 0.1) is 12.2 Å². The number of amides is 1. The van der Waals surface area contributed by atoms with Gasteiger partial charge in [0.2, 0.25) is 0 Å². The smallest absolute Gasteiger partial charge is 0.254 e. The molecule has 0 saturated carbocycles. The molecule has 1 aromatic heterocycles. The second-order valence-electron chi connectivity index (χ2n) is 4.59. The Morgan fingerprint density at radius 1 is 1.24 bits per heavy atom. The van der Waals surface area contributed by atoms with E-state index in [4.69, 9.17) is 18.0 Å². The number of hydrogen-bond acceptors (Lipinski definition) is 3. The summed E-state index contributed by atoms with van der Waals surface area (Å²) in [6, 6.07) is 12.8. The summed E-state index contributed by atoms with van der Waals surface area (Å²) in [5, 5.41) is 0. The van der Waals surface area contributed by atoms with Gasteiger partial charge in [0, 0.05) is 23.9 Å². The summed E-state index contributed by atoms with van der Waals surface area (Å²) in [4.78, 5) is 18.8. The van der Waals surface area contributed by atoms with E-state index in [-0.39, 0.29) is 10.9 Å². The van der Waals surface area contributed by atoms with Gasteiger partial charge in [-0.05, 0) is 31.2 Å². The SMILES string of the molecule is CCN(Cc1ccccn1)C(=O)c1cccc(C(N)=S)c1. The van der Waals surface area contributed by atoms with Crippen LogP contribution in [0.1, 0.15) is 28.5 Å². The fraction of sp³-hybridized carbons (Fsp3) is 0.188. The minimum absolute atomic E-state index is 0.0544. The lowest BCUT2D eigenvalue weighted by Crippen LogP contribution is -2.30. The van der Waals surface area contributed by atoms with Crippen molar-refractivity contribution in [1.82, 2.24) is 9.88 Å². The molecule has 0 atom stereocenters. The van der Waals surface area contributed by atoms with Gasteiger partial charge in [0.25, 0.3) is 5.91 Å². The Balaban J connectivity index is 2.20. The average Bonchev–Trinajstić information content (AvgIpc) is 2.53. The summed E-state index contributed by atoms with van der Waals surface area (Å²) in [5.74, 6) is -0.0544.